The number of fused-ring (bicyclic) bond motifs is 1. The minimum atomic E-state index is 0.535. The number of rotatable bonds is 4. The number of hydrogen-bond acceptors (Lipinski definition) is 2. The van der Waals surface area contributed by atoms with Crippen LogP contribution in [-0.4, -0.2) is 16.0 Å². The van der Waals surface area contributed by atoms with Crippen LogP contribution in [-0.2, 0) is 6.54 Å². The Kier molecular flexibility index (Phi) is 4.58. The standard InChI is InChI=1S/C23H29N3/c1-16-20(8-9-21-22(16)26-15-25-21)18-6-4-17(5-7-18)14-24-19-10-12-23(2,3)13-11-19/h4-9,15,19,24H,10-14H2,1-3H3,(H,25,26). The molecule has 1 heterocycles. The van der Waals surface area contributed by atoms with Crippen LogP contribution in [0.15, 0.2) is 42.7 Å². The minimum absolute atomic E-state index is 0.535. The predicted octanol–water partition coefficient (Wildman–Crippen LogP) is 5.60. The van der Waals surface area contributed by atoms with Crippen LogP contribution in [0.1, 0.15) is 50.7 Å². The molecule has 1 aliphatic carbocycles. The maximum Gasteiger partial charge on any atom is 0.0931 e. The normalized spacial score (nSPS) is 17.7. The van der Waals surface area contributed by atoms with Crippen molar-refractivity contribution in [2.75, 3.05) is 0 Å². The van der Waals surface area contributed by atoms with Crippen LogP contribution in [0.2, 0.25) is 0 Å². The zero-order chi connectivity index (χ0) is 18.1. The zero-order valence-electron chi connectivity index (χ0n) is 16.1. The van der Waals surface area contributed by atoms with Gasteiger partial charge in [-0.2, -0.15) is 0 Å². The number of nitrogens with one attached hydrogen (secondary N) is 2. The van der Waals surface area contributed by atoms with Crippen molar-refractivity contribution in [3.8, 4) is 11.1 Å². The lowest BCUT2D eigenvalue weighted by molar-refractivity contribution is 0.206. The molecule has 0 bridgehead atoms. The summed E-state index contributed by atoms with van der Waals surface area (Å²) >= 11 is 0. The number of H-pyrrole nitrogens is 1. The van der Waals surface area contributed by atoms with Gasteiger partial charge in [0.15, 0.2) is 0 Å². The summed E-state index contributed by atoms with van der Waals surface area (Å²) in [6, 6.07) is 13.9. The number of aromatic nitrogens is 2. The number of hydrogen-bond donors (Lipinski definition) is 2. The van der Waals surface area contributed by atoms with Crippen molar-refractivity contribution in [1.82, 2.24) is 15.3 Å². The van der Waals surface area contributed by atoms with Crippen LogP contribution in [0.25, 0.3) is 22.2 Å². The second-order valence-corrected chi connectivity index (χ2v) is 8.55. The maximum absolute atomic E-state index is 4.34. The summed E-state index contributed by atoms with van der Waals surface area (Å²) in [7, 11) is 0. The predicted molar refractivity (Wildman–Crippen MR) is 109 cm³/mol. The van der Waals surface area contributed by atoms with E-state index in [0.29, 0.717) is 11.5 Å². The van der Waals surface area contributed by atoms with E-state index in [1.165, 1.54) is 47.9 Å². The van der Waals surface area contributed by atoms with E-state index in [9.17, 15) is 0 Å². The van der Waals surface area contributed by atoms with E-state index in [4.69, 9.17) is 0 Å². The lowest BCUT2D eigenvalue weighted by Crippen LogP contribution is -2.35. The molecule has 26 heavy (non-hydrogen) atoms. The molecule has 2 aromatic carbocycles. The molecule has 1 aromatic heterocycles. The summed E-state index contributed by atoms with van der Waals surface area (Å²) in [4.78, 5) is 7.59. The van der Waals surface area contributed by atoms with Crippen molar-refractivity contribution in [2.45, 2.75) is 59.0 Å². The van der Waals surface area contributed by atoms with Crippen molar-refractivity contribution < 1.29 is 0 Å². The fraction of sp³-hybridized carbons (Fsp3) is 0.435. The van der Waals surface area contributed by atoms with E-state index < -0.39 is 0 Å². The molecular formula is C23H29N3. The highest BCUT2D eigenvalue weighted by Gasteiger charge is 2.26. The van der Waals surface area contributed by atoms with Crippen LogP contribution in [0, 0.1) is 12.3 Å². The lowest BCUT2D eigenvalue weighted by atomic mass is 9.75. The molecule has 0 saturated heterocycles. The Bertz CT molecular complexity index is 879. The van der Waals surface area contributed by atoms with E-state index in [2.05, 4.69) is 72.5 Å². The summed E-state index contributed by atoms with van der Waals surface area (Å²) in [6.45, 7) is 7.91. The van der Waals surface area contributed by atoms with E-state index in [1.54, 1.807) is 6.33 Å². The molecule has 0 radical (unpaired) electrons. The smallest absolute Gasteiger partial charge is 0.0931 e. The molecular weight excluding hydrogens is 318 g/mol. The summed E-state index contributed by atoms with van der Waals surface area (Å²) in [5, 5.41) is 3.75. The number of benzene rings is 2. The third-order valence-electron chi connectivity index (χ3n) is 6.05. The molecule has 3 aromatic rings. The molecule has 0 atom stereocenters. The fourth-order valence-electron chi connectivity index (χ4n) is 4.13. The highest BCUT2D eigenvalue weighted by Crippen LogP contribution is 2.35. The number of imidazole rings is 1. The van der Waals surface area contributed by atoms with Crippen LogP contribution in [0.5, 0.6) is 0 Å². The van der Waals surface area contributed by atoms with Crippen LogP contribution in [0.3, 0.4) is 0 Å². The first-order valence-corrected chi connectivity index (χ1v) is 9.77. The highest BCUT2D eigenvalue weighted by atomic mass is 14.9. The Hall–Kier alpha value is -2.13. The van der Waals surface area contributed by atoms with Crippen LogP contribution < -0.4 is 5.32 Å². The Morgan fingerprint density at radius 3 is 2.54 bits per heavy atom. The quantitative estimate of drug-likeness (QED) is 0.645. The van der Waals surface area contributed by atoms with E-state index in [1.807, 2.05) is 0 Å². The average molecular weight is 348 g/mol. The van der Waals surface area contributed by atoms with Gasteiger partial charge in [-0.25, -0.2) is 4.98 Å². The van der Waals surface area contributed by atoms with Gasteiger partial charge in [0.05, 0.1) is 17.4 Å². The molecule has 136 valence electrons. The van der Waals surface area contributed by atoms with Gasteiger partial charge in [0.2, 0.25) is 0 Å². The minimum Gasteiger partial charge on any atom is -0.344 e. The van der Waals surface area contributed by atoms with Gasteiger partial charge in [0, 0.05) is 12.6 Å². The third kappa shape index (κ3) is 3.54. The number of aromatic amines is 1. The largest absolute Gasteiger partial charge is 0.344 e. The molecule has 1 saturated carbocycles. The highest BCUT2D eigenvalue weighted by molar-refractivity contribution is 5.86. The van der Waals surface area contributed by atoms with Gasteiger partial charge >= 0.3 is 0 Å². The van der Waals surface area contributed by atoms with Gasteiger partial charge in [0.25, 0.3) is 0 Å². The SMILES string of the molecule is Cc1c(-c2ccc(CNC3CCC(C)(C)CC3)cc2)ccc2nc[nH]c12. The van der Waals surface area contributed by atoms with Gasteiger partial charge in [-0.3, -0.25) is 0 Å². The first-order chi connectivity index (χ1) is 12.5. The van der Waals surface area contributed by atoms with Crippen molar-refractivity contribution in [3.05, 3.63) is 53.9 Å². The van der Waals surface area contributed by atoms with Gasteiger partial charge in [-0.15, -0.1) is 0 Å². The Balaban J connectivity index is 1.42. The van der Waals surface area contributed by atoms with Gasteiger partial charge in [-0.05, 0) is 66.3 Å². The van der Waals surface area contributed by atoms with Crippen LogP contribution >= 0.6 is 0 Å². The topological polar surface area (TPSA) is 40.7 Å². The molecule has 1 fully saturated rings. The molecule has 0 spiro atoms. The van der Waals surface area contributed by atoms with Gasteiger partial charge in [0.1, 0.15) is 0 Å². The second kappa shape index (κ2) is 6.88. The monoisotopic (exact) mass is 347 g/mol. The van der Waals surface area contributed by atoms with Gasteiger partial charge < -0.3 is 10.3 Å². The lowest BCUT2D eigenvalue weighted by Gasteiger charge is -2.34. The molecule has 4 rings (SSSR count). The Morgan fingerprint density at radius 2 is 1.81 bits per heavy atom. The molecule has 2 N–H and O–H groups in total. The fourth-order valence-corrected chi connectivity index (χ4v) is 4.13. The molecule has 0 aliphatic heterocycles. The third-order valence-corrected chi connectivity index (χ3v) is 6.05. The van der Waals surface area contributed by atoms with Crippen molar-refractivity contribution in [3.63, 3.8) is 0 Å². The van der Waals surface area contributed by atoms with Crippen LogP contribution in [0.4, 0.5) is 0 Å². The maximum atomic E-state index is 4.34. The summed E-state index contributed by atoms with van der Waals surface area (Å²) in [6.07, 6.45) is 7.03. The first-order valence-electron chi connectivity index (χ1n) is 9.77. The van der Waals surface area contributed by atoms with E-state index in [-0.39, 0.29) is 0 Å². The molecule has 3 heteroatoms. The van der Waals surface area contributed by atoms with E-state index >= 15 is 0 Å². The Morgan fingerprint density at radius 1 is 1.08 bits per heavy atom. The van der Waals surface area contributed by atoms with Crippen molar-refractivity contribution in [2.24, 2.45) is 5.41 Å². The molecule has 1 aliphatic rings. The molecule has 3 nitrogen and oxygen atoms in total. The van der Waals surface area contributed by atoms with E-state index in [0.717, 1.165) is 17.6 Å². The van der Waals surface area contributed by atoms with Crippen molar-refractivity contribution in [1.29, 1.82) is 0 Å². The first kappa shape index (κ1) is 17.3. The number of aryl methyl sites for hydroxylation is 1. The molecule has 0 amide bonds. The average Bonchev–Trinajstić information content (AvgIpc) is 3.12. The summed E-state index contributed by atoms with van der Waals surface area (Å²) < 4.78 is 0. The number of nitrogens with zero attached hydrogens (tertiary/aromatic N) is 1. The summed E-state index contributed by atoms with van der Waals surface area (Å²) in [5.74, 6) is 0. The van der Waals surface area contributed by atoms with Gasteiger partial charge in [-0.1, -0.05) is 44.2 Å². The summed E-state index contributed by atoms with van der Waals surface area (Å²) in [5.41, 5.74) is 7.86. The zero-order valence-corrected chi connectivity index (χ0v) is 16.1. The second-order valence-electron chi connectivity index (χ2n) is 8.55. The molecule has 0 unspecified atom stereocenters. The van der Waals surface area contributed by atoms with Crippen molar-refractivity contribution >= 4 is 11.0 Å². The Labute approximate surface area is 156 Å².